The molecule has 0 atom stereocenters. The van der Waals surface area contributed by atoms with Gasteiger partial charge in [-0.2, -0.15) is 5.10 Å². The van der Waals surface area contributed by atoms with Crippen molar-refractivity contribution in [2.24, 2.45) is 0 Å². The Hall–Kier alpha value is -4.27. The number of carbonyl (C=O) groups is 1. The zero-order chi connectivity index (χ0) is 21.1. The molecule has 9 nitrogen and oxygen atoms in total. The summed E-state index contributed by atoms with van der Waals surface area (Å²) in [7, 11) is 1.62. The maximum atomic E-state index is 12.6. The van der Waals surface area contributed by atoms with Crippen molar-refractivity contribution in [3.8, 4) is 11.4 Å². The van der Waals surface area contributed by atoms with Gasteiger partial charge in [-0.25, -0.2) is 9.67 Å². The van der Waals surface area contributed by atoms with E-state index < -0.39 is 10.8 Å². The van der Waals surface area contributed by atoms with Crippen molar-refractivity contribution in [1.82, 2.24) is 20.1 Å². The van der Waals surface area contributed by atoms with Crippen LogP contribution in [-0.4, -0.2) is 32.7 Å². The molecule has 0 bridgehead atoms. The molecule has 9 heteroatoms. The van der Waals surface area contributed by atoms with Gasteiger partial charge in [0.05, 0.1) is 12.0 Å². The van der Waals surface area contributed by atoms with Crippen molar-refractivity contribution in [2.45, 2.75) is 6.54 Å². The molecule has 0 aliphatic heterocycles. The van der Waals surface area contributed by atoms with Crippen LogP contribution < -0.4 is 10.1 Å². The molecule has 0 spiro atoms. The van der Waals surface area contributed by atoms with E-state index in [0.29, 0.717) is 6.54 Å². The number of fused-ring (bicyclic) bond motifs is 1. The minimum absolute atomic E-state index is 0.191. The van der Waals surface area contributed by atoms with Gasteiger partial charge >= 0.3 is 0 Å². The maximum Gasteiger partial charge on any atom is 0.295 e. The fourth-order valence-electron chi connectivity index (χ4n) is 3.13. The van der Waals surface area contributed by atoms with Gasteiger partial charge < -0.3 is 10.1 Å². The van der Waals surface area contributed by atoms with Crippen LogP contribution in [0.15, 0.2) is 67.3 Å². The molecule has 1 aromatic heterocycles. The molecule has 3 aromatic carbocycles. The van der Waals surface area contributed by atoms with Crippen LogP contribution in [0.1, 0.15) is 15.9 Å². The van der Waals surface area contributed by atoms with E-state index in [9.17, 15) is 14.9 Å². The fourth-order valence-corrected chi connectivity index (χ4v) is 3.13. The van der Waals surface area contributed by atoms with Gasteiger partial charge in [0.1, 0.15) is 24.1 Å². The van der Waals surface area contributed by atoms with Crippen LogP contribution in [0.5, 0.6) is 5.75 Å². The first-order chi connectivity index (χ1) is 14.5. The zero-order valence-corrected chi connectivity index (χ0v) is 16.0. The van der Waals surface area contributed by atoms with Crippen LogP contribution in [-0.2, 0) is 6.54 Å². The van der Waals surface area contributed by atoms with Crippen LogP contribution in [0.2, 0.25) is 0 Å². The summed E-state index contributed by atoms with van der Waals surface area (Å²) in [5, 5.41) is 20.2. The van der Waals surface area contributed by atoms with Gasteiger partial charge in [0, 0.05) is 18.2 Å². The highest BCUT2D eigenvalue weighted by Crippen LogP contribution is 2.24. The fraction of sp³-hybridized carbons (Fsp3) is 0.0952. The number of hydrogen-bond donors (Lipinski definition) is 1. The molecule has 0 aliphatic carbocycles. The van der Waals surface area contributed by atoms with E-state index in [1.54, 1.807) is 7.11 Å². The summed E-state index contributed by atoms with van der Waals surface area (Å²) in [6.45, 7) is 0.291. The van der Waals surface area contributed by atoms with Gasteiger partial charge in [-0.15, -0.1) is 0 Å². The molecule has 1 N–H and O–H groups in total. The molecule has 150 valence electrons. The number of rotatable bonds is 6. The van der Waals surface area contributed by atoms with Gasteiger partial charge in [-0.05, 0) is 46.7 Å². The number of aromatic nitrogens is 3. The van der Waals surface area contributed by atoms with Crippen LogP contribution in [0, 0.1) is 10.1 Å². The Morgan fingerprint density at radius 2 is 1.93 bits per heavy atom. The normalized spacial score (nSPS) is 10.7. The summed E-state index contributed by atoms with van der Waals surface area (Å²) in [4.78, 5) is 27.2. The Bertz CT molecular complexity index is 1240. The van der Waals surface area contributed by atoms with Gasteiger partial charge in [0.25, 0.3) is 11.6 Å². The predicted molar refractivity (Wildman–Crippen MR) is 110 cm³/mol. The highest BCUT2D eigenvalue weighted by atomic mass is 16.6. The molecule has 4 aromatic rings. The Labute approximate surface area is 171 Å². The van der Waals surface area contributed by atoms with Gasteiger partial charge in [-0.3, -0.25) is 14.9 Å². The second-order valence-electron chi connectivity index (χ2n) is 6.53. The number of ether oxygens (including phenoxy) is 1. The quantitative estimate of drug-likeness (QED) is 0.391. The number of benzene rings is 3. The van der Waals surface area contributed by atoms with E-state index in [-0.39, 0.29) is 16.9 Å². The largest absolute Gasteiger partial charge is 0.497 e. The summed E-state index contributed by atoms with van der Waals surface area (Å²) in [5.74, 6) is 0.373. The summed E-state index contributed by atoms with van der Waals surface area (Å²) >= 11 is 0. The third-order valence-corrected chi connectivity index (χ3v) is 4.66. The number of methoxy groups -OCH3 is 1. The van der Waals surface area contributed by atoms with Gasteiger partial charge in [-0.1, -0.05) is 18.2 Å². The lowest BCUT2D eigenvalue weighted by atomic mass is 10.1. The Balaban J connectivity index is 1.52. The number of nitro benzene ring substituents is 1. The molecule has 0 aliphatic rings. The lowest BCUT2D eigenvalue weighted by Crippen LogP contribution is -2.23. The van der Waals surface area contributed by atoms with Crippen molar-refractivity contribution in [1.29, 1.82) is 0 Å². The Morgan fingerprint density at radius 1 is 1.13 bits per heavy atom. The molecule has 1 amide bonds. The summed E-state index contributed by atoms with van der Waals surface area (Å²) in [6, 6.07) is 15.8. The van der Waals surface area contributed by atoms with Crippen LogP contribution in [0.25, 0.3) is 16.5 Å². The molecular weight excluding hydrogens is 386 g/mol. The van der Waals surface area contributed by atoms with E-state index >= 15 is 0 Å². The predicted octanol–water partition coefficient (Wildman–Crippen LogP) is 3.27. The lowest BCUT2D eigenvalue weighted by molar-refractivity contribution is -0.384. The summed E-state index contributed by atoms with van der Waals surface area (Å²) in [6.07, 6.45) is 2.64. The third-order valence-electron chi connectivity index (χ3n) is 4.66. The average Bonchev–Trinajstić information content (AvgIpc) is 3.31. The number of nitrogens with one attached hydrogen (secondary N) is 1. The van der Waals surface area contributed by atoms with Crippen molar-refractivity contribution in [2.75, 3.05) is 7.11 Å². The standard InChI is InChI=1S/C21H17N5O4/c1-30-18-6-4-15-8-14(2-3-16(15)9-18)11-23-21(27)17-5-7-19(20(10-17)26(28)29)25-13-22-12-24-25/h2-10,12-13H,11H2,1H3,(H,23,27). The van der Waals surface area contributed by atoms with Crippen molar-refractivity contribution < 1.29 is 14.5 Å². The smallest absolute Gasteiger partial charge is 0.295 e. The Kier molecular flexibility index (Phi) is 5.08. The molecule has 0 radical (unpaired) electrons. The molecule has 0 saturated carbocycles. The molecule has 4 rings (SSSR count). The summed E-state index contributed by atoms with van der Waals surface area (Å²) in [5.41, 5.74) is 1.11. The van der Waals surface area contributed by atoms with E-state index in [0.717, 1.165) is 22.1 Å². The minimum atomic E-state index is -0.550. The van der Waals surface area contributed by atoms with E-state index in [1.165, 1.54) is 35.5 Å². The van der Waals surface area contributed by atoms with Crippen LogP contribution in [0.4, 0.5) is 5.69 Å². The lowest BCUT2D eigenvalue weighted by Gasteiger charge is -2.09. The van der Waals surface area contributed by atoms with E-state index in [4.69, 9.17) is 4.74 Å². The zero-order valence-electron chi connectivity index (χ0n) is 16.0. The number of hydrogen-bond acceptors (Lipinski definition) is 6. The monoisotopic (exact) mass is 403 g/mol. The highest BCUT2D eigenvalue weighted by molar-refractivity contribution is 5.95. The molecule has 0 unspecified atom stereocenters. The topological polar surface area (TPSA) is 112 Å². The molecular formula is C21H17N5O4. The van der Waals surface area contributed by atoms with Crippen molar-refractivity contribution in [3.63, 3.8) is 0 Å². The van der Waals surface area contributed by atoms with Crippen LogP contribution in [0.3, 0.4) is 0 Å². The molecule has 0 saturated heterocycles. The first kappa shape index (κ1) is 19.1. The number of nitro groups is 1. The Morgan fingerprint density at radius 3 is 2.67 bits per heavy atom. The first-order valence-electron chi connectivity index (χ1n) is 9.03. The van der Waals surface area contributed by atoms with Gasteiger partial charge in [0.2, 0.25) is 0 Å². The van der Waals surface area contributed by atoms with E-state index in [1.807, 2.05) is 36.4 Å². The maximum absolute atomic E-state index is 12.6. The molecule has 1 heterocycles. The second-order valence-corrected chi connectivity index (χ2v) is 6.53. The average molecular weight is 403 g/mol. The van der Waals surface area contributed by atoms with Crippen molar-refractivity contribution >= 4 is 22.4 Å². The van der Waals surface area contributed by atoms with Crippen molar-refractivity contribution in [3.05, 3.63) is 88.5 Å². The second kappa shape index (κ2) is 8.00. The highest BCUT2D eigenvalue weighted by Gasteiger charge is 2.19. The number of amides is 1. The van der Waals surface area contributed by atoms with E-state index in [2.05, 4.69) is 15.4 Å². The molecule has 0 fully saturated rings. The number of nitrogens with zero attached hydrogens (tertiary/aromatic N) is 4. The van der Waals surface area contributed by atoms with Gasteiger partial charge in [0.15, 0.2) is 0 Å². The summed E-state index contributed by atoms with van der Waals surface area (Å²) < 4.78 is 6.51. The number of carbonyl (C=O) groups excluding carboxylic acids is 1. The molecule has 30 heavy (non-hydrogen) atoms. The third kappa shape index (κ3) is 3.81. The minimum Gasteiger partial charge on any atom is -0.497 e. The first-order valence-corrected chi connectivity index (χ1v) is 9.03. The van der Waals surface area contributed by atoms with Crippen LogP contribution >= 0.6 is 0 Å². The SMILES string of the molecule is COc1ccc2cc(CNC(=O)c3ccc(-n4cncn4)c([N+](=O)[O-])c3)ccc2c1.